The average molecular weight is 250 g/mol. The summed E-state index contributed by atoms with van der Waals surface area (Å²) in [5.41, 5.74) is 1.27. The summed E-state index contributed by atoms with van der Waals surface area (Å²) in [6.07, 6.45) is 6.12. The fraction of sp³-hybridized carbons (Fsp3) is 0.786. The number of hydrogen-bond donors (Lipinski definition) is 0. The molecule has 0 radical (unpaired) electrons. The highest BCUT2D eigenvalue weighted by Crippen LogP contribution is 1.88. The van der Waals surface area contributed by atoms with Crippen molar-refractivity contribution in [3.8, 4) is 0 Å². The van der Waals surface area contributed by atoms with Crippen LogP contribution < -0.4 is 0 Å². The van der Waals surface area contributed by atoms with Crippen LogP contribution in [0, 0.1) is 0 Å². The molecule has 0 saturated carbocycles. The van der Waals surface area contributed by atoms with Gasteiger partial charge in [-0.05, 0) is 33.1 Å². The van der Waals surface area contributed by atoms with Gasteiger partial charge in [-0.1, -0.05) is 53.2 Å². The van der Waals surface area contributed by atoms with Crippen molar-refractivity contribution in [2.24, 2.45) is 4.99 Å². The molecule has 0 fully saturated rings. The van der Waals surface area contributed by atoms with Gasteiger partial charge < -0.3 is 0 Å². The Bertz CT molecular complexity index is 98.9. The standard InChI is InChI=1S/C6H11N.C2H6S.3C2H6/c1-4-6(2)5-7-3;1-3-2;3*1-2/h4H,3,5H2,1-2H3;1-2H3;3*1-2H3. The highest BCUT2D eigenvalue weighted by atomic mass is 32.2. The van der Waals surface area contributed by atoms with E-state index in [2.05, 4.69) is 11.7 Å². The molecule has 0 saturated heterocycles. The van der Waals surface area contributed by atoms with E-state index in [1.54, 1.807) is 11.8 Å². The summed E-state index contributed by atoms with van der Waals surface area (Å²) in [7, 11) is 0. The van der Waals surface area contributed by atoms with E-state index >= 15 is 0 Å². The highest BCUT2D eigenvalue weighted by Gasteiger charge is 1.76. The molecule has 0 amide bonds. The van der Waals surface area contributed by atoms with E-state index in [0.29, 0.717) is 0 Å². The molecule has 0 bridgehead atoms. The van der Waals surface area contributed by atoms with Gasteiger partial charge in [0.2, 0.25) is 0 Å². The SMILES string of the molecule is C=NCC(C)=CC.CC.CC.CC.CSC. The lowest BCUT2D eigenvalue weighted by Crippen LogP contribution is -1.77. The van der Waals surface area contributed by atoms with E-state index in [9.17, 15) is 0 Å². The Balaban J connectivity index is -0.0000000379. The van der Waals surface area contributed by atoms with Gasteiger partial charge in [0.1, 0.15) is 0 Å². The Kier molecular flexibility index (Phi) is 113. The molecule has 0 atom stereocenters. The van der Waals surface area contributed by atoms with Crippen LogP contribution in [0.5, 0.6) is 0 Å². The first-order chi connectivity index (χ1) is 7.72. The predicted octanol–water partition coefficient (Wildman–Crippen LogP) is 5.71. The Morgan fingerprint density at radius 1 is 1.06 bits per heavy atom. The van der Waals surface area contributed by atoms with Crippen LogP contribution in [0.3, 0.4) is 0 Å². The van der Waals surface area contributed by atoms with Crippen molar-refractivity contribution in [1.29, 1.82) is 0 Å². The molecule has 0 aliphatic rings. The van der Waals surface area contributed by atoms with Crippen LogP contribution in [0.25, 0.3) is 0 Å². The second-order valence-electron chi connectivity index (χ2n) is 1.92. The number of rotatable bonds is 2. The number of thioether (sulfide) groups is 1. The molecule has 0 aliphatic heterocycles. The molecule has 0 aromatic rings. The van der Waals surface area contributed by atoms with Crippen molar-refractivity contribution in [2.75, 3.05) is 19.1 Å². The summed E-state index contributed by atoms with van der Waals surface area (Å²) >= 11 is 1.75. The Labute approximate surface area is 110 Å². The third-order valence-corrected chi connectivity index (χ3v) is 0.854. The molecule has 0 aromatic heterocycles. The van der Waals surface area contributed by atoms with Gasteiger partial charge in [0, 0.05) is 0 Å². The van der Waals surface area contributed by atoms with Crippen molar-refractivity contribution >= 4 is 18.5 Å². The molecular weight excluding hydrogens is 214 g/mol. The number of allylic oxidation sites excluding steroid dienone is 1. The summed E-state index contributed by atoms with van der Waals surface area (Å²) < 4.78 is 0. The van der Waals surface area contributed by atoms with Crippen LogP contribution in [-0.2, 0) is 0 Å². The van der Waals surface area contributed by atoms with Crippen LogP contribution in [0.2, 0.25) is 0 Å². The lowest BCUT2D eigenvalue weighted by molar-refractivity contribution is 1.14. The zero-order valence-electron chi connectivity index (χ0n) is 13.3. The van der Waals surface area contributed by atoms with E-state index in [-0.39, 0.29) is 0 Å². The van der Waals surface area contributed by atoms with Gasteiger partial charge in [0.15, 0.2) is 0 Å². The molecule has 0 rings (SSSR count). The maximum atomic E-state index is 3.69. The molecule has 1 nitrogen and oxygen atoms in total. The minimum absolute atomic E-state index is 0.774. The molecule has 0 aromatic carbocycles. The number of hydrogen-bond acceptors (Lipinski definition) is 2. The Morgan fingerprint density at radius 2 is 1.31 bits per heavy atom. The van der Waals surface area contributed by atoms with Crippen LogP contribution in [0.1, 0.15) is 55.4 Å². The molecule has 0 spiro atoms. The predicted molar refractivity (Wildman–Crippen MR) is 87.3 cm³/mol. The summed E-state index contributed by atoms with van der Waals surface area (Å²) in [5, 5.41) is 0. The molecule has 0 unspecified atom stereocenters. The second kappa shape index (κ2) is 61.2. The van der Waals surface area contributed by atoms with Crippen LogP contribution in [0.15, 0.2) is 16.6 Å². The van der Waals surface area contributed by atoms with E-state index in [1.165, 1.54) is 5.57 Å². The van der Waals surface area contributed by atoms with E-state index < -0.39 is 0 Å². The minimum atomic E-state index is 0.774. The normalized spacial score (nSPS) is 7.25. The van der Waals surface area contributed by atoms with Gasteiger partial charge in [0.25, 0.3) is 0 Å². The van der Waals surface area contributed by atoms with Crippen molar-refractivity contribution in [3.63, 3.8) is 0 Å². The smallest absolute Gasteiger partial charge is 0.0589 e. The van der Waals surface area contributed by atoms with Gasteiger partial charge in [-0.2, -0.15) is 11.8 Å². The summed E-state index contributed by atoms with van der Waals surface area (Å²) in [6, 6.07) is 0. The topological polar surface area (TPSA) is 12.4 Å². The molecule has 0 N–H and O–H groups in total. The van der Waals surface area contributed by atoms with E-state index in [0.717, 1.165) is 6.54 Å². The largest absolute Gasteiger partial charge is 0.297 e. The van der Waals surface area contributed by atoms with Crippen LogP contribution in [0.4, 0.5) is 0 Å². The van der Waals surface area contributed by atoms with Crippen LogP contribution >= 0.6 is 11.8 Å². The second-order valence-corrected chi connectivity index (χ2v) is 2.74. The molecular formula is C14H35NS. The lowest BCUT2D eigenvalue weighted by atomic mass is 10.3. The lowest BCUT2D eigenvalue weighted by Gasteiger charge is -1.87. The molecule has 0 aliphatic carbocycles. The monoisotopic (exact) mass is 249 g/mol. The first kappa shape index (κ1) is 29.7. The van der Waals surface area contributed by atoms with Crippen molar-refractivity contribution in [1.82, 2.24) is 0 Å². The fourth-order valence-electron chi connectivity index (χ4n) is 0.268. The fourth-order valence-corrected chi connectivity index (χ4v) is 0.268. The summed E-state index contributed by atoms with van der Waals surface area (Å²) in [4.78, 5) is 3.69. The third-order valence-electron chi connectivity index (χ3n) is 0.854. The van der Waals surface area contributed by atoms with Gasteiger partial charge >= 0.3 is 0 Å². The molecule has 2 heteroatoms. The molecule has 102 valence electrons. The van der Waals surface area contributed by atoms with Crippen molar-refractivity contribution in [2.45, 2.75) is 55.4 Å². The Hall–Kier alpha value is -0.240. The van der Waals surface area contributed by atoms with Gasteiger partial charge in [0.05, 0.1) is 6.54 Å². The molecule has 16 heavy (non-hydrogen) atoms. The van der Waals surface area contributed by atoms with E-state index in [1.807, 2.05) is 74.0 Å². The summed E-state index contributed by atoms with van der Waals surface area (Å²) in [5.74, 6) is 0. The number of nitrogens with zero attached hydrogens (tertiary/aromatic N) is 1. The van der Waals surface area contributed by atoms with Gasteiger partial charge in [-0.25, -0.2) is 0 Å². The quantitative estimate of drug-likeness (QED) is 0.451. The Morgan fingerprint density at radius 3 is 1.38 bits per heavy atom. The first-order valence-corrected chi connectivity index (χ1v) is 7.80. The zero-order chi connectivity index (χ0) is 14.4. The minimum Gasteiger partial charge on any atom is -0.297 e. The van der Waals surface area contributed by atoms with Crippen molar-refractivity contribution in [3.05, 3.63) is 11.6 Å². The maximum absolute atomic E-state index is 3.69. The third kappa shape index (κ3) is 98.9. The molecule has 0 heterocycles. The highest BCUT2D eigenvalue weighted by molar-refractivity contribution is 7.97. The first-order valence-electron chi connectivity index (χ1n) is 6.17. The maximum Gasteiger partial charge on any atom is 0.0589 e. The average Bonchev–Trinajstić information content (AvgIpc) is 2.38. The zero-order valence-corrected chi connectivity index (χ0v) is 14.2. The summed E-state index contributed by atoms with van der Waals surface area (Å²) in [6.45, 7) is 20.2. The van der Waals surface area contributed by atoms with Gasteiger partial charge in [-0.15, -0.1) is 0 Å². The number of aliphatic imine (C=N–C) groups is 1. The van der Waals surface area contributed by atoms with E-state index in [4.69, 9.17) is 0 Å². The van der Waals surface area contributed by atoms with Crippen molar-refractivity contribution < 1.29 is 0 Å². The van der Waals surface area contributed by atoms with Crippen LogP contribution in [-0.4, -0.2) is 25.8 Å². The van der Waals surface area contributed by atoms with Gasteiger partial charge in [-0.3, -0.25) is 4.99 Å².